The molecule has 0 amide bonds. The van der Waals surface area contributed by atoms with Gasteiger partial charge >= 0.3 is 0 Å². The number of piperidine rings is 1. The van der Waals surface area contributed by atoms with E-state index in [2.05, 4.69) is 22.9 Å². The largest absolute Gasteiger partial charge is 0.329 e. The minimum Gasteiger partial charge on any atom is -0.329 e. The summed E-state index contributed by atoms with van der Waals surface area (Å²) in [6.45, 7) is 5.04. The van der Waals surface area contributed by atoms with Crippen LogP contribution in [-0.2, 0) is 6.54 Å². The van der Waals surface area contributed by atoms with Crippen molar-refractivity contribution in [2.24, 2.45) is 5.73 Å². The molecule has 0 spiro atoms. The number of aryl methyl sites for hydroxylation is 1. The van der Waals surface area contributed by atoms with Crippen molar-refractivity contribution in [2.75, 3.05) is 13.1 Å². The smallest absolute Gasteiger partial charge is 0.0417 e. The first-order valence-corrected chi connectivity index (χ1v) is 6.16. The first-order valence-electron chi connectivity index (χ1n) is 6.16. The first-order chi connectivity index (χ1) is 7.81. The van der Waals surface area contributed by atoms with Crippen molar-refractivity contribution >= 4 is 12.4 Å². The molecule has 3 nitrogen and oxygen atoms in total. The predicted octanol–water partition coefficient (Wildman–Crippen LogP) is 2.13. The van der Waals surface area contributed by atoms with Crippen molar-refractivity contribution in [3.05, 3.63) is 29.6 Å². The normalized spacial score (nSPS) is 20.9. The SMILES string of the molecule is Cc1ncccc1CN1CCCCC1CN.Cl. The Morgan fingerprint density at radius 1 is 1.47 bits per heavy atom. The molecule has 2 rings (SSSR count). The van der Waals surface area contributed by atoms with Gasteiger partial charge in [-0.3, -0.25) is 9.88 Å². The van der Waals surface area contributed by atoms with Gasteiger partial charge in [0.05, 0.1) is 0 Å². The van der Waals surface area contributed by atoms with E-state index in [0.717, 1.165) is 18.8 Å². The molecule has 0 aromatic carbocycles. The number of aromatic nitrogens is 1. The van der Waals surface area contributed by atoms with Crippen LogP contribution in [0.15, 0.2) is 18.3 Å². The van der Waals surface area contributed by atoms with Crippen LogP contribution in [0.2, 0.25) is 0 Å². The van der Waals surface area contributed by atoms with Crippen molar-refractivity contribution in [1.82, 2.24) is 9.88 Å². The van der Waals surface area contributed by atoms with E-state index < -0.39 is 0 Å². The van der Waals surface area contributed by atoms with E-state index >= 15 is 0 Å². The Bertz CT molecular complexity index is 343. The Morgan fingerprint density at radius 3 is 3.00 bits per heavy atom. The predicted molar refractivity (Wildman–Crippen MR) is 73.3 cm³/mol. The lowest BCUT2D eigenvalue weighted by atomic mass is 10.0. The molecule has 2 N–H and O–H groups in total. The molecule has 0 aliphatic carbocycles. The average Bonchev–Trinajstić information content (AvgIpc) is 2.33. The van der Waals surface area contributed by atoms with Crippen LogP contribution in [0.1, 0.15) is 30.5 Å². The van der Waals surface area contributed by atoms with Gasteiger partial charge in [0, 0.05) is 31.0 Å². The zero-order valence-electron chi connectivity index (χ0n) is 10.4. The van der Waals surface area contributed by atoms with Crippen LogP contribution in [0.25, 0.3) is 0 Å². The minimum atomic E-state index is 0. The molecule has 1 atom stereocenters. The molecule has 1 aliphatic rings. The Hall–Kier alpha value is -0.640. The minimum absolute atomic E-state index is 0. The molecule has 96 valence electrons. The van der Waals surface area contributed by atoms with E-state index in [4.69, 9.17) is 5.73 Å². The van der Waals surface area contributed by atoms with E-state index in [1.165, 1.54) is 31.4 Å². The highest BCUT2D eigenvalue weighted by Gasteiger charge is 2.21. The molecule has 0 radical (unpaired) electrons. The van der Waals surface area contributed by atoms with Crippen molar-refractivity contribution in [2.45, 2.75) is 38.8 Å². The fraction of sp³-hybridized carbons (Fsp3) is 0.615. The molecular formula is C13H22ClN3. The number of halogens is 1. The summed E-state index contributed by atoms with van der Waals surface area (Å²) in [5, 5.41) is 0. The summed E-state index contributed by atoms with van der Waals surface area (Å²) < 4.78 is 0. The third-order valence-electron chi connectivity index (χ3n) is 3.51. The fourth-order valence-corrected chi connectivity index (χ4v) is 2.44. The van der Waals surface area contributed by atoms with Gasteiger partial charge < -0.3 is 5.73 Å². The van der Waals surface area contributed by atoms with Crippen LogP contribution in [0.4, 0.5) is 0 Å². The summed E-state index contributed by atoms with van der Waals surface area (Å²) in [5.74, 6) is 0. The van der Waals surface area contributed by atoms with Gasteiger partial charge in [-0.25, -0.2) is 0 Å². The van der Waals surface area contributed by atoms with E-state index in [9.17, 15) is 0 Å². The molecule has 4 heteroatoms. The highest BCUT2D eigenvalue weighted by molar-refractivity contribution is 5.85. The zero-order valence-corrected chi connectivity index (χ0v) is 11.2. The summed E-state index contributed by atoms with van der Waals surface area (Å²) in [6, 6.07) is 4.75. The average molecular weight is 256 g/mol. The molecule has 1 fully saturated rings. The third kappa shape index (κ3) is 3.66. The summed E-state index contributed by atoms with van der Waals surface area (Å²) in [4.78, 5) is 6.85. The third-order valence-corrected chi connectivity index (χ3v) is 3.51. The van der Waals surface area contributed by atoms with Crippen LogP contribution < -0.4 is 5.73 Å². The number of hydrogen-bond donors (Lipinski definition) is 1. The highest BCUT2D eigenvalue weighted by atomic mass is 35.5. The lowest BCUT2D eigenvalue weighted by molar-refractivity contribution is 0.144. The molecule has 2 heterocycles. The second kappa shape index (κ2) is 6.94. The molecular weight excluding hydrogens is 234 g/mol. The monoisotopic (exact) mass is 255 g/mol. The van der Waals surface area contributed by atoms with Crippen molar-refractivity contribution in [3.8, 4) is 0 Å². The Morgan fingerprint density at radius 2 is 2.29 bits per heavy atom. The number of pyridine rings is 1. The van der Waals surface area contributed by atoms with E-state index in [0.29, 0.717) is 6.04 Å². The quantitative estimate of drug-likeness (QED) is 0.900. The van der Waals surface area contributed by atoms with Gasteiger partial charge in [0.25, 0.3) is 0 Å². The number of hydrogen-bond acceptors (Lipinski definition) is 3. The summed E-state index contributed by atoms with van der Waals surface area (Å²) in [6.07, 6.45) is 5.73. The zero-order chi connectivity index (χ0) is 11.4. The van der Waals surface area contributed by atoms with E-state index in [-0.39, 0.29) is 12.4 Å². The maximum Gasteiger partial charge on any atom is 0.0417 e. The standard InChI is InChI=1S/C13H21N3.ClH/c1-11-12(5-4-7-15-11)10-16-8-3-2-6-13(16)9-14;/h4-5,7,13H,2-3,6,8-10,14H2,1H3;1H. The van der Waals surface area contributed by atoms with Gasteiger partial charge in [0.1, 0.15) is 0 Å². The van der Waals surface area contributed by atoms with Crippen molar-refractivity contribution in [3.63, 3.8) is 0 Å². The second-order valence-electron chi connectivity index (χ2n) is 4.60. The maximum atomic E-state index is 5.83. The molecule has 17 heavy (non-hydrogen) atoms. The van der Waals surface area contributed by atoms with Gasteiger partial charge in [-0.05, 0) is 37.9 Å². The summed E-state index contributed by atoms with van der Waals surface area (Å²) >= 11 is 0. The van der Waals surface area contributed by atoms with Gasteiger partial charge in [-0.1, -0.05) is 12.5 Å². The lowest BCUT2D eigenvalue weighted by Gasteiger charge is -2.35. The molecule has 1 aliphatic heterocycles. The number of nitrogens with zero attached hydrogens (tertiary/aromatic N) is 2. The molecule has 1 saturated heterocycles. The van der Waals surface area contributed by atoms with E-state index in [1.807, 2.05) is 12.3 Å². The molecule has 0 saturated carbocycles. The van der Waals surface area contributed by atoms with Crippen molar-refractivity contribution < 1.29 is 0 Å². The molecule has 1 aromatic heterocycles. The van der Waals surface area contributed by atoms with Gasteiger partial charge in [-0.15, -0.1) is 12.4 Å². The summed E-state index contributed by atoms with van der Waals surface area (Å²) in [5.41, 5.74) is 8.31. The summed E-state index contributed by atoms with van der Waals surface area (Å²) in [7, 11) is 0. The topological polar surface area (TPSA) is 42.2 Å². The first kappa shape index (κ1) is 14.4. The number of rotatable bonds is 3. The molecule has 0 bridgehead atoms. The van der Waals surface area contributed by atoms with Crippen LogP contribution >= 0.6 is 12.4 Å². The van der Waals surface area contributed by atoms with Gasteiger partial charge in [0.15, 0.2) is 0 Å². The fourth-order valence-electron chi connectivity index (χ4n) is 2.44. The number of likely N-dealkylation sites (tertiary alicyclic amines) is 1. The van der Waals surface area contributed by atoms with E-state index in [1.54, 1.807) is 0 Å². The second-order valence-corrected chi connectivity index (χ2v) is 4.60. The van der Waals surface area contributed by atoms with Crippen LogP contribution in [-0.4, -0.2) is 29.0 Å². The van der Waals surface area contributed by atoms with Crippen LogP contribution in [0.3, 0.4) is 0 Å². The highest BCUT2D eigenvalue weighted by Crippen LogP contribution is 2.19. The number of nitrogens with two attached hydrogens (primary N) is 1. The molecule has 1 unspecified atom stereocenters. The maximum absolute atomic E-state index is 5.83. The van der Waals surface area contributed by atoms with Crippen LogP contribution in [0, 0.1) is 6.92 Å². The van der Waals surface area contributed by atoms with Gasteiger partial charge in [-0.2, -0.15) is 0 Å². The van der Waals surface area contributed by atoms with Crippen molar-refractivity contribution in [1.29, 1.82) is 0 Å². The molecule has 1 aromatic rings. The Labute approximate surface area is 110 Å². The Balaban J connectivity index is 0.00000144. The van der Waals surface area contributed by atoms with Crippen LogP contribution in [0.5, 0.6) is 0 Å². The lowest BCUT2D eigenvalue weighted by Crippen LogP contribution is -2.43. The Kier molecular flexibility index (Phi) is 5.89. The van der Waals surface area contributed by atoms with Gasteiger partial charge in [0.2, 0.25) is 0 Å².